The normalized spacial score (nSPS) is 25.6. The Morgan fingerprint density at radius 1 is 1.00 bits per heavy atom. The summed E-state index contributed by atoms with van der Waals surface area (Å²) in [5, 5.41) is 3.93. The Kier molecular flexibility index (Phi) is 7.71. The van der Waals surface area contributed by atoms with Gasteiger partial charge in [-0.1, -0.05) is 54.8 Å². The number of halogens is 1. The maximum Gasteiger partial charge on any atom is 0.254 e. The van der Waals surface area contributed by atoms with Gasteiger partial charge in [0.15, 0.2) is 0 Å². The van der Waals surface area contributed by atoms with Crippen LogP contribution in [0.3, 0.4) is 0 Å². The van der Waals surface area contributed by atoms with Crippen LogP contribution in [0.15, 0.2) is 54.6 Å². The first kappa shape index (κ1) is 24.3. The molecule has 2 aliphatic heterocycles. The minimum Gasteiger partial charge on any atom is -0.379 e. The van der Waals surface area contributed by atoms with Crippen LogP contribution in [-0.2, 0) is 9.53 Å². The summed E-state index contributed by atoms with van der Waals surface area (Å²) in [6, 6.07) is 17.0. The number of carbonyl (C=O) groups excluding carboxylic acids is 2. The van der Waals surface area contributed by atoms with Crippen molar-refractivity contribution in [2.75, 3.05) is 32.8 Å². The molecular weight excluding hydrogens is 462 g/mol. The summed E-state index contributed by atoms with van der Waals surface area (Å²) >= 11 is 6.13. The summed E-state index contributed by atoms with van der Waals surface area (Å²) in [7, 11) is 0. The van der Waals surface area contributed by atoms with E-state index < -0.39 is 6.04 Å². The molecule has 2 aromatic carbocycles. The van der Waals surface area contributed by atoms with Crippen molar-refractivity contribution >= 4 is 23.4 Å². The van der Waals surface area contributed by atoms with Crippen molar-refractivity contribution in [1.29, 1.82) is 0 Å². The molecule has 6 nitrogen and oxygen atoms in total. The first-order valence-electron chi connectivity index (χ1n) is 12.8. The molecule has 0 spiro atoms. The lowest BCUT2D eigenvalue weighted by Crippen LogP contribution is -2.51. The summed E-state index contributed by atoms with van der Waals surface area (Å²) in [5.41, 5.74) is 1.78. The van der Waals surface area contributed by atoms with E-state index in [1.165, 1.54) is 6.42 Å². The number of fused-ring (bicyclic) bond motifs is 1. The van der Waals surface area contributed by atoms with Crippen molar-refractivity contribution in [1.82, 2.24) is 15.1 Å². The van der Waals surface area contributed by atoms with Gasteiger partial charge in [-0.25, -0.2) is 0 Å². The topological polar surface area (TPSA) is 61.9 Å². The molecule has 0 aromatic heterocycles. The van der Waals surface area contributed by atoms with E-state index in [2.05, 4.69) is 10.2 Å². The number of likely N-dealkylation sites (tertiary alicyclic amines) is 1. The highest BCUT2D eigenvalue weighted by Crippen LogP contribution is 2.40. The molecule has 1 aliphatic carbocycles. The highest BCUT2D eigenvalue weighted by Gasteiger charge is 2.47. The third-order valence-electron chi connectivity index (χ3n) is 7.86. The second-order valence-corrected chi connectivity index (χ2v) is 10.3. The van der Waals surface area contributed by atoms with Crippen LogP contribution < -0.4 is 5.32 Å². The van der Waals surface area contributed by atoms with Crippen molar-refractivity contribution in [3.8, 4) is 0 Å². The fourth-order valence-corrected chi connectivity index (χ4v) is 6.19. The lowest BCUT2D eigenvalue weighted by Gasteiger charge is -2.36. The Morgan fingerprint density at radius 2 is 1.71 bits per heavy atom. The van der Waals surface area contributed by atoms with E-state index in [4.69, 9.17) is 16.3 Å². The monoisotopic (exact) mass is 495 g/mol. The van der Waals surface area contributed by atoms with Crippen LogP contribution >= 0.6 is 11.6 Å². The molecule has 2 aromatic rings. The fourth-order valence-electron chi connectivity index (χ4n) is 6.06. The van der Waals surface area contributed by atoms with E-state index in [0.717, 1.165) is 44.3 Å². The largest absolute Gasteiger partial charge is 0.379 e. The van der Waals surface area contributed by atoms with Crippen LogP contribution in [-0.4, -0.2) is 66.5 Å². The number of rotatable bonds is 6. The SMILES string of the molecule is O=C(NCC(c1ccc(Cl)cc1)N1CCOCC1)C1CC2CCCCC2N1C(=O)c1ccccc1. The van der Waals surface area contributed by atoms with E-state index in [-0.39, 0.29) is 23.9 Å². The van der Waals surface area contributed by atoms with Gasteiger partial charge in [-0.3, -0.25) is 14.5 Å². The Labute approximate surface area is 212 Å². The van der Waals surface area contributed by atoms with Crippen LogP contribution in [0, 0.1) is 5.92 Å². The molecule has 1 N–H and O–H groups in total. The van der Waals surface area contributed by atoms with E-state index in [0.29, 0.717) is 36.3 Å². The smallest absolute Gasteiger partial charge is 0.254 e. The Bertz CT molecular complexity index is 1010. The molecule has 2 heterocycles. The quantitative estimate of drug-likeness (QED) is 0.649. The van der Waals surface area contributed by atoms with Crippen molar-refractivity contribution in [3.63, 3.8) is 0 Å². The number of carbonyl (C=O) groups is 2. The average Bonchev–Trinajstić information content (AvgIpc) is 3.30. The summed E-state index contributed by atoms with van der Waals surface area (Å²) in [4.78, 5) is 31.5. The maximum absolute atomic E-state index is 13.6. The van der Waals surface area contributed by atoms with Crippen molar-refractivity contribution in [3.05, 3.63) is 70.7 Å². The molecule has 2 amide bonds. The van der Waals surface area contributed by atoms with Gasteiger partial charge in [-0.15, -0.1) is 0 Å². The molecule has 4 unspecified atom stereocenters. The van der Waals surface area contributed by atoms with Gasteiger partial charge in [0.05, 0.1) is 19.3 Å². The molecule has 5 rings (SSSR count). The number of morpholine rings is 1. The molecule has 3 fully saturated rings. The number of hydrogen-bond acceptors (Lipinski definition) is 4. The lowest BCUT2D eigenvalue weighted by atomic mass is 9.84. The van der Waals surface area contributed by atoms with Crippen LogP contribution in [0.2, 0.25) is 5.02 Å². The number of hydrogen-bond donors (Lipinski definition) is 1. The van der Waals surface area contributed by atoms with Gasteiger partial charge in [0.2, 0.25) is 5.91 Å². The second-order valence-electron chi connectivity index (χ2n) is 9.90. The van der Waals surface area contributed by atoms with Crippen LogP contribution in [0.25, 0.3) is 0 Å². The fraction of sp³-hybridized carbons (Fsp3) is 0.500. The molecule has 4 atom stereocenters. The number of benzene rings is 2. The minimum atomic E-state index is -0.425. The van der Waals surface area contributed by atoms with E-state index >= 15 is 0 Å². The maximum atomic E-state index is 13.6. The molecule has 2 saturated heterocycles. The standard InChI is InChI=1S/C28H34ClN3O3/c29-23-12-10-20(11-13-23)26(31-14-16-35-17-15-31)19-30-27(33)25-18-22-8-4-5-9-24(22)32(25)28(34)21-6-2-1-3-7-21/h1-3,6-7,10-13,22,24-26H,4-5,8-9,14-19H2,(H,30,33). The van der Waals surface area contributed by atoms with Crippen molar-refractivity contribution < 1.29 is 14.3 Å². The third kappa shape index (κ3) is 5.40. The highest BCUT2D eigenvalue weighted by molar-refractivity contribution is 6.30. The van der Waals surface area contributed by atoms with Crippen LogP contribution in [0.4, 0.5) is 0 Å². The summed E-state index contributed by atoms with van der Waals surface area (Å²) in [6.07, 6.45) is 5.11. The van der Waals surface area contributed by atoms with Gasteiger partial charge in [0, 0.05) is 36.3 Å². The van der Waals surface area contributed by atoms with Gasteiger partial charge < -0.3 is 15.0 Å². The number of amides is 2. The predicted molar refractivity (Wildman–Crippen MR) is 136 cm³/mol. The molecule has 0 bridgehead atoms. The van der Waals surface area contributed by atoms with Gasteiger partial charge in [0.1, 0.15) is 6.04 Å². The zero-order valence-electron chi connectivity index (χ0n) is 20.1. The zero-order chi connectivity index (χ0) is 24.2. The lowest BCUT2D eigenvalue weighted by molar-refractivity contribution is -0.125. The average molecular weight is 496 g/mol. The Hall–Kier alpha value is -2.41. The van der Waals surface area contributed by atoms with Gasteiger partial charge >= 0.3 is 0 Å². The second kappa shape index (κ2) is 11.1. The van der Waals surface area contributed by atoms with Crippen molar-refractivity contribution in [2.24, 2.45) is 5.92 Å². The molecule has 3 aliphatic rings. The zero-order valence-corrected chi connectivity index (χ0v) is 20.8. The van der Waals surface area contributed by atoms with Crippen LogP contribution in [0.1, 0.15) is 54.1 Å². The molecule has 35 heavy (non-hydrogen) atoms. The molecule has 186 valence electrons. The van der Waals surface area contributed by atoms with Gasteiger partial charge in [-0.2, -0.15) is 0 Å². The van der Waals surface area contributed by atoms with E-state index in [1.54, 1.807) is 0 Å². The number of nitrogens with zero attached hydrogens (tertiary/aromatic N) is 2. The van der Waals surface area contributed by atoms with Crippen molar-refractivity contribution in [2.45, 2.75) is 50.2 Å². The summed E-state index contributed by atoms with van der Waals surface area (Å²) in [6.45, 7) is 3.48. The molecule has 0 radical (unpaired) electrons. The Morgan fingerprint density at radius 3 is 2.46 bits per heavy atom. The number of ether oxygens (including phenoxy) is 1. The van der Waals surface area contributed by atoms with Gasteiger partial charge in [-0.05, 0) is 55.0 Å². The predicted octanol–water partition coefficient (Wildman–Crippen LogP) is 4.30. The van der Waals surface area contributed by atoms with E-state index in [1.807, 2.05) is 59.5 Å². The summed E-state index contributed by atoms with van der Waals surface area (Å²) in [5.74, 6) is 0.331. The minimum absolute atomic E-state index is 0.0254. The highest BCUT2D eigenvalue weighted by atomic mass is 35.5. The van der Waals surface area contributed by atoms with Crippen LogP contribution in [0.5, 0.6) is 0 Å². The number of nitrogens with one attached hydrogen (secondary N) is 1. The third-order valence-corrected chi connectivity index (χ3v) is 8.11. The summed E-state index contributed by atoms with van der Waals surface area (Å²) < 4.78 is 5.55. The molecule has 1 saturated carbocycles. The molecular formula is C28H34ClN3O3. The first-order valence-corrected chi connectivity index (χ1v) is 13.2. The van der Waals surface area contributed by atoms with E-state index in [9.17, 15) is 9.59 Å². The first-order chi connectivity index (χ1) is 17.1. The molecule has 7 heteroatoms. The Balaban J connectivity index is 1.34. The van der Waals surface area contributed by atoms with Gasteiger partial charge in [0.25, 0.3) is 5.91 Å².